The first-order valence-corrected chi connectivity index (χ1v) is 12.9. The van der Waals surface area contributed by atoms with Gasteiger partial charge in [-0.1, -0.05) is 67.5 Å². The summed E-state index contributed by atoms with van der Waals surface area (Å²) >= 11 is 7.46. The van der Waals surface area contributed by atoms with Crippen molar-refractivity contribution in [3.05, 3.63) is 93.7 Å². The van der Waals surface area contributed by atoms with Crippen LogP contribution in [-0.4, -0.2) is 27.8 Å². The molecule has 0 saturated heterocycles. The van der Waals surface area contributed by atoms with Crippen LogP contribution in [0.2, 0.25) is 5.02 Å². The first-order valence-electron chi connectivity index (χ1n) is 11.6. The molecule has 0 N–H and O–H groups in total. The summed E-state index contributed by atoms with van der Waals surface area (Å²) in [4.78, 5) is 33.3. The van der Waals surface area contributed by atoms with Gasteiger partial charge in [0.2, 0.25) is 5.91 Å². The zero-order valence-corrected chi connectivity index (χ0v) is 21.8. The van der Waals surface area contributed by atoms with E-state index in [1.807, 2.05) is 61.5 Å². The van der Waals surface area contributed by atoms with Crippen LogP contribution < -0.4 is 10.5 Å². The lowest BCUT2D eigenvalue weighted by Gasteiger charge is -2.22. The number of benzene rings is 3. The quantitative estimate of drug-likeness (QED) is 0.207. The van der Waals surface area contributed by atoms with Gasteiger partial charge in [0, 0.05) is 17.8 Å². The van der Waals surface area contributed by atoms with E-state index in [4.69, 9.17) is 16.6 Å². The lowest BCUT2D eigenvalue weighted by atomic mass is 9.98. The first kappa shape index (κ1) is 25.0. The Morgan fingerprint density at radius 3 is 2.40 bits per heavy atom. The van der Waals surface area contributed by atoms with E-state index in [1.165, 1.54) is 17.3 Å². The zero-order chi connectivity index (χ0) is 25.1. The van der Waals surface area contributed by atoms with Gasteiger partial charge in [-0.05, 0) is 67.3 Å². The molecule has 0 aliphatic heterocycles. The fourth-order valence-electron chi connectivity index (χ4n) is 3.89. The van der Waals surface area contributed by atoms with Gasteiger partial charge in [-0.2, -0.15) is 0 Å². The van der Waals surface area contributed by atoms with Crippen LogP contribution in [-0.2, 0) is 4.79 Å². The zero-order valence-electron chi connectivity index (χ0n) is 20.2. The molecule has 0 aliphatic rings. The Balaban J connectivity index is 1.77. The van der Waals surface area contributed by atoms with Crippen molar-refractivity contribution in [1.29, 1.82) is 0 Å². The third-order valence-electron chi connectivity index (χ3n) is 6.24. The number of rotatable bonds is 7. The summed E-state index contributed by atoms with van der Waals surface area (Å²) in [5.41, 5.74) is 3.06. The molecule has 0 aliphatic carbocycles. The van der Waals surface area contributed by atoms with Gasteiger partial charge in [-0.3, -0.25) is 14.2 Å². The Morgan fingerprint density at radius 2 is 1.74 bits per heavy atom. The highest BCUT2D eigenvalue weighted by atomic mass is 35.5. The van der Waals surface area contributed by atoms with E-state index in [0.29, 0.717) is 32.7 Å². The second kappa shape index (κ2) is 10.7. The highest BCUT2D eigenvalue weighted by Crippen LogP contribution is 2.29. The fraction of sp³-hybridized carbons (Fsp3) is 0.250. The van der Waals surface area contributed by atoms with Crippen molar-refractivity contribution < 1.29 is 4.79 Å². The molecule has 0 unspecified atom stereocenters. The fourth-order valence-corrected chi connectivity index (χ4v) is 5.08. The third kappa shape index (κ3) is 5.29. The number of hydrogen-bond donors (Lipinski definition) is 0. The predicted octanol–water partition coefficient (Wildman–Crippen LogP) is 6.70. The molecule has 35 heavy (non-hydrogen) atoms. The molecule has 7 heteroatoms. The van der Waals surface area contributed by atoms with Crippen LogP contribution in [0.3, 0.4) is 0 Å². The molecular weight excluding hydrogens is 478 g/mol. The van der Waals surface area contributed by atoms with Gasteiger partial charge in [-0.25, -0.2) is 4.98 Å². The molecule has 1 amide bonds. The molecule has 0 spiro atoms. The summed E-state index contributed by atoms with van der Waals surface area (Å²) in [5, 5.41) is 0.905. The van der Waals surface area contributed by atoms with E-state index in [2.05, 4.69) is 13.8 Å². The second-order valence-corrected chi connectivity index (χ2v) is 10.3. The molecule has 4 aromatic rings. The van der Waals surface area contributed by atoms with E-state index < -0.39 is 5.25 Å². The molecule has 3 aromatic carbocycles. The number of fused-ring (bicyclic) bond motifs is 1. The van der Waals surface area contributed by atoms with Crippen LogP contribution in [0, 0.1) is 0 Å². The van der Waals surface area contributed by atoms with Gasteiger partial charge in [0.15, 0.2) is 5.16 Å². The molecule has 180 valence electrons. The van der Waals surface area contributed by atoms with Gasteiger partial charge >= 0.3 is 0 Å². The molecule has 0 fully saturated rings. The van der Waals surface area contributed by atoms with Crippen molar-refractivity contribution in [3.63, 3.8) is 0 Å². The van der Waals surface area contributed by atoms with Gasteiger partial charge in [0.1, 0.15) is 0 Å². The number of halogens is 1. The number of para-hydroxylation sites is 1. The van der Waals surface area contributed by atoms with Gasteiger partial charge in [0.25, 0.3) is 5.56 Å². The average molecular weight is 506 g/mol. The Labute approximate surface area is 214 Å². The lowest BCUT2D eigenvalue weighted by molar-refractivity contribution is -0.117. The monoisotopic (exact) mass is 505 g/mol. The van der Waals surface area contributed by atoms with Crippen molar-refractivity contribution >= 4 is 45.9 Å². The second-order valence-electron chi connectivity index (χ2n) is 8.59. The number of carbonyl (C=O) groups is 1. The summed E-state index contributed by atoms with van der Waals surface area (Å²) < 4.78 is 1.58. The summed E-state index contributed by atoms with van der Waals surface area (Å²) in [6, 6.07) is 22.6. The Kier molecular flexibility index (Phi) is 7.63. The van der Waals surface area contributed by atoms with E-state index in [-0.39, 0.29) is 11.5 Å². The molecule has 0 saturated carbocycles. The number of aromatic nitrogens is 2. The Bertz CT molecular complexity index is 1400. The number of nitrogens with zero attached hydrogens (tertiary/aromatic N) is 3. The minimum atomic E-state index is -0.470. The van der Waals surface area contributed by atoms with Crippen LogP contribution in [0.4, 0.5) is 5.69 Å². The van der Waals surface area contributed by atoms with E-state index in [1.54, 1.807) is 34.7 Å². The average Bonchev–Trinajstić information content (AvgIpc) is 2.88. The van der Waals surface area contributed by atoms with Gasteiger partial charge in [0.05, 0.1) is 21.8 Å². The molecule has 2 atom stereocenters. The molecular formula is C28H28ClN3O2S. The van der Waals surface area contributed by atoms with Crippen LogP contribution in [0.25, 0.3) is 16.6 Å². The van der Waals surface area contributed by atoms with Crippen LogP contribution >= 0.6 is 23.4 Å². The van der Waals surface area contributed by atoms with E-state index in [0.717, 1.165) is 12.1 Å². The number of hydrogen-bond acceptors (Lipinski definition) is 4. The van der Waals surface area contributed by atoms with Crippen molar-refractivity contribution in [3.8, 4) is 5.69 Å². The lowest BCUT2D eigenvalue weighted by Crippen LogP contribution is -2.33. The van der Waals surface area contributed by atoms with Crippen LogP contribution in [0.1, 0.15) is 38.7 Å². The van der Waals surface area contributed by atoms with E-state index in [9.17, 15) is 9.59 Å². The van der Waals surface area contributed by atoms with Crippen molar-refractivity contribution in [2.24, 2.45) is 0 Å². The Morgan fingerprint density at radius 1 is 1.06 bits per heavy atom. The highest BCUT2D eigenvalue weighted by molar-refractivity contribution is 8.00. The largest absolute Gasteiger partial charge is 0.315 e. The maximum atomic E-state index is 13.6. The van der Waals surface area contributed by atoms with Crippen LogP contribution in [0.15, 0.2) is 82.7 Å². The minimum Gasteiger partial charge on any atom is -0.315 e. The maximum absolute atomic E-state index is 13.6. The summed E-state index contributed by atoms with van der Waals surface area (Å²) in [7, 11) is 1.76. The predicted molar refractivity (Wildman–Crippen MR) is 146 cm³/mol. The molecule has 4 rings (SSSR count). The van der Waals surface area contributed by atoms with Crippen molar-refractivity contribution in [1.82, 2.24) is 9.55 Å². The Hall–Kier alpha value is -3.09. The highest BCUT2D eigenvalue weighted by Gasteiger charge is 2.23. The summed E-state index contributed by atoms with van der Waals surface area (Å²) in [6.07, 6.45) is 1.03. The molecule has 0 bridgehead atoms. The first-order chi connectivity index (χ1) is 16.8. The molecule has 1 aromatic heterocycles. The summed E-state index contributed by atoms with van der Waals surface area (Å²) in [6.45, 7) is 6.17. The maximum Gasteiger partial charge on any atom is 0.266 e. The van der Waals surface area contributed by atoms with E-state index >= 15 is 0 Å². The minimum absolute atomic E-state index is 0.0784. The standard InChI is InChI=1S/C28H28ClN3O2S/c1-5-18(2)20-11-14-23(15-12-20)32-27(34)24-17-21(29)13-16-25(24)30-28(32)35-19(3)26(33)31(4)22-9-7-6-8-10-22/h6-19H,5H2,1-4H3/t18-,19-/m1/s1. The molecule has 5 nitrogen and oxygen atoms in total. The topological polar surface area (TPSA) is 55.2 Å². The SMILES string of the molecule is CC[C@@H](C)c1ccc(-n2c(S[C@H](C)C(=O)N(C)c3ccccc3)nc3ccc(Cl)cc3c2=O)cc1. The number of amides is 1. The summed E-state index contributed by atoms with van der Waals surface area (Å²) in [5.74, 6) is 0.347. The van der Waals surface area contributed by atoms with Crippen molar-refractivity contribution in [2.45, 2.75) is 43.5 Å². The molecule has 1 heterocycles. The normalized spacial score (nSPS) is 12.9. The number of anilines is 1. The number of carbonyl (C=O) groups excluding carboxylic acids is 1. The van der Waals surface area contributed by atoms with Crippen LogP contribution in [0.5, 0.6) is 0 Å². The number of thioether (sulfide) groups is 1. The molecule has 0 radical (unpaired) electrons. The van der Waals surface area contributed by atoms with Gasteiger partial charge < -0.3 is 4.90 Å². The van der Waals surface area contributed by atoms with Gasteiger partial charge in [-0.15, -0.1) is 0 Å². The third-order valence-corrected chi connectivity index (χ3v) is 7.51. The van der Waals surface area contributed by atoms with Crippen molar-refractivity contribution in [2.75, 3.05) is 11.9 Å². The smallest absolute Gasteiger partial charge is 0.266 e.